The fourth-order valence-electron chi connectivity index (χ4n) is 1.86. The van der Waals surface area contributed by atoms with Gasteiger partial charge in [-0.25, -0.2) is 9.78 Å². The molecule has 1 fully saturated rings. The molecule has 0 bridgehead atoms. The summed E-state index contributed by atoms with van der Waals surface area (Å²) in [6.07, 6.45) is 1.82. The number of aromatic nitrogens is 1. The van der Waals surface area contributed by atoms with E-state index in [0.717, 1.165) is 24.5 Å². The van der Waals surface area contributed by atoms with E-state index in [-0.39, 0.29) is 12.0 Å². The molecule has 2 rings (SSSR count). The molecule has 0 spiro atoms. The van der Waals surface area contributed by atoms with Gasteiger partial charge >= 0.3 is 5.97 Å². The van der Waals surface area contributed by atoms with Gasteiger partial charge < -0.3 is 9.64 Å². The monoisotopic (exact) mass is 260 g/mol. The lowest BCUT2D eigenvalue weighted by Crippen LogP contribution is -2.37. The van der Waals surface area contributed by atoms with Crippen molar-refractivity contribution in [2.24, 2.45) is 0 Å². The lowest BCUT2D eigenvalue weighted by Gasteiger charge is -2.21. The quantitative estimate of drug-likeness (QED) is 0.783. The standard InChI is InChI=1S/C10H13ClN2O2S/c1-2-15-9(14)7-4-3-5-13(7)10-12-8(11)6-16-10/h6-7H,2-5H2,1H3. The number of nitrogens with zero attached hydrogens (tertiary/aromatic N) is 2. The molecule has 1 aliphatic heterocycles. The van der Waals surface area contributed by atoms with Crippen LogP contribution in [0.15, 0.2) is 5.38 Å². The van der Waals surface area contributed by atoms with Crippen LogP contribution in [0.1, 0.15) is 19.8 Å². The normalized spacial score (nSPS) is 20.1. The van der Waals surface area contributed by atoms with E-state index >= 15 is 0 Å². The Morgan fingerprint density at radius 2 is 2.62 bits per heavy atom. The molecule has 6 heteroatoms. The Bertz CT molecular complexity index is 383. The van der Waals surface area contributed by atoms with Gasteiger partial charge in [0.25, 0.3) is 0 Å². The first-order valence-corrected chi connectivity index (χ1v) is 6.52. The Hall–Kier alpha value is -0.810. The summed E-state index contributed by atoms with van der Waals surface area (Å²) in [6, 6.07) is -0.192. The molecule has 0 saturated carbocycles. The average molecular weight is 261 g/mol. The summed E-state index contributed by atoms with van der Waals surface area (Å²) >= 11 is 7.24. The van der Waals surface area contributed by atoms with Gasteiger partial charge in [-0.15, -0.1) is 11.3 Å². The molecule has 1 saturated heterocycles. The first-order valence-electron chi connectivity index (χ1n) is 5.26. The molecular weight excluding hydrogens is 248 g/mol. The lowest BCUT2D eigenvalue weighted by atomic mass is 10.2. The number of ether oxygens (including phenoxy) is 1. The number of thiazole rings is 1. The second-order valence-corrected chi connectivity index (χ2v) is 4.78. The van der Waals surface area contributed by atoms with Crippen molar-refractivity contribution >= 4 is 34.0 Å². The van der Waals surface area contributed by atoms with Crippen LogP contribution in [0.4, 0.5) is 5.13 Å². The van der Waals surface area contributed by atoms with Crippen LogP contribution in [-0.4, -0.2) is 30.1 Å². The van der Waals surface area contributed by atoms with Crippen molar-refractivity contribution in [3.05, 3.63) is 10.5 Å². The maximum Gasteiger partial charge on any atom is 0.328 e. The minimum absolute atomic E-state index is 0.161. The molecule has 0 N–H and O–H groups in total. The van der Waals surface area contributed by atoms with Gasteiger partial charge in [-0.05, 0) is 19.8 Å². The molecule has 4 nitrogen and oxygen atoms in total. The van der Waals surface area contributed by atoms with E-state index < -0.39 is 0 Å². The van der Waals surface area contributed by atoms with Crippen molar-refractivity contribution in [2.75, 3.05) is 18.1 Å². The number of halogens is 1. The van der Waals surface area contributed by atoms with Crippen LogP contribution in [0.5, 0.6) is 0 Å². The van der Waals surface area contributed by atoms with Crippen molar-refractivity contribution in [3.63, 3.8) is 0 Å². The zero-order valence-electron chi connectivity index (χ0n) is 8.98. The van der Waals surface area contributed by atoms with Crippen LogP contribution in [0, 0.1) is 0 Å². The molecule has 1 aliphatic rings. The molecule has 0 aliphatic carbocycles. The smallest absolute Gasteiger partial charge is 0.328 e. The second kappa shape index (κ2) is 5.01. The summed E-state index contributed by atoms with van der Waals surface area (Å²) < 4.78 is 5.05. The largest absolute Gasteiger partial charge is 0.464 e. The van der Waals surface area contributed by atoms with E-state index in [2.05, 4.69) is 4.98 Å². The first-order chi connectivity index (χ1) is 7.72. The summed E-state index contributed by atoms with van der Waals surface area (Å²) in [6.45, 7) is 3.08. The van der Waals surface area contributed by atoms with Crippen LogP contribution in [0.3, 0.4) is 0 Å². The topological polar surface area (TPSA) is 42.4 Å². The molecule has 0 radical (unpaired) electrons. The predicted octanol–water partition coefficient (Wildman–Crippen LogP) is 2.33. The SMILES string of the molecule is CCOC(=O)C1CCCN1c1nc(Cl)cs1. The minimum Gasteiger partial charge on any atom is -0.464 e. The van der Waals surface area contributed by atoms with Crippen LogP contribution < -0.4 is 4.90 Å². The zero-order chi connectivity index (χ0) is 11.5. The van der Waals surface area contributed by atoms with Gasteiger partial charge in [0.15, 0.2) is 5.13 Å². The predicted molar refractivity (Wildman–Crippen MR) is 64.1 cm³/mol. The molecule has 16 heavy (non-hydrogen) atoms. The number of anilines is 1. The summed E-state index contributed by atoms with van der Waals surface area (Å²) in [7, 11) is 0. The third-order valence-electron chi connectivity index (χ3n) is 2.52. The molecule has 1 unspecified atom stereocenters. The van der Waals surface area contributed by atoms with E-state index in [4.69, 9.17) is 16.3 Å². The Balaban J connectivity index is 2.11. The number of hydrogen-bond acceptors (Lipinski definition) is 5. The fraction of sp³-hybridized carbons (Fsp3) is 0.600. The van der Waals surface area contributed by atoms with Gasteiger partial charge in [-0.1, -0.05) is 11.6 Å². The Morgan fingerprint density at radius 3 is 3.25 bits per heavy atom. The van der Waals surface area contributed by atoms with E-state index in [1.807, 2.05) is 11.8 Å². The summed E-state index contributed by atoms with van der Waals surface area (Å²) in [5.74, 6) is -0.161. The van der Waals surface area contributed by atoms with Crippen molar-refractivity contribution in [3.8, 4) is 0 Å². The Morgan fingerprint density at radius 1 is 1.81 bits per heavy atom. The highest BCUT2D eigenvalue weighted by atomic mass is 35.5. The highest BCUT2D eigenvalue weighted by molar-refractivity contribution is 7.14. The minimum atomic E-state index is -0.192. The summed E-state index contributed by atoms with van der Waals surface area (Å²) in [5, 5.41) is 3.06. The molecule has 0 aromatic carbocycles. The maximum absolute atomic E-state index is 11.7. The van der Waals surface area contributed by atoms with Gasteiger partial charge in [0.05, 0.1) is 6.61 Å². The van der Waals surface area contributed by atoms with Crippen molar-refractivity contribution in [1.82, 2.24) is 4.98 Å². The van der Waals surface area contributed by atoms with Gasteiger partial charge in [0, 0.05) is 11.9 Å². The lowest BCUT2D eigenvalue weighted by molar-refractivity contribution is -0.144. The van der Waals surface area contributed by atoms with Crippen molar-refractivity contribution in [2.45, 2.75) is 25.8 Å². The molecular formula is C10H13ClN2O2S. The Kier molecular flexibility index (Phi) is 3.66. The van der Waals surface area contributed by atoms with Gasteiger partial charge in [0.1, 0.15) is 11.2 Å². The first kappa shape index (κ1) is 11.7. The van der Waals surface area contributed by atoms with Gasteiger partial charge in [0.2, 0.25) is 0 Å². The zero-order valence-corrected chi connectivity index (χ0v) is 10.6. The van der Waals surface area contributed by atoms with Crippen LogP contribution in [0.2, 0.25) is 5.15 Å². The van der Waals surface area contributed by atoms with Crippen molar-refractivity contribution < 1.29 is 9.53 Å². The van der Waals surface area contributed by atoms with E-state index in [9.17, 15) is 4.79 Å². The number of rotatable bonds is 3. The fourth-order valence-corrected chi connectivity index (χ4v) is 2.88. The number of carbonyl (C=O) groups excluding carboxylic acids is 1. The van der Waals surface area contributed by atoms with E-state index in [1.165, 1.54) is 11.3 Å². The third kappa shape index (κ3) is 2.30. The second-order valence-electron chi connectivity index (χ2n) is 3.56. The highest BCUT2D eigenvalue weighted by Gasteiger charge is 2.33. The highest BCUT2D eigenvalue weighted by Crippen LogP contribution is 2.30. The molecule has 1 aromatic rings. The van der Waals surface area contributed by atoms with Gasteiger partial charge in [-0.3, -0.25) is 0 Å². The van der Waals surface area contributed by atoms with Crippen molar-refractivity contribution in [1.29, 1.82) is 0 Å². The molecule has 0 amide bonds. The van der Waals surface area contributed by atoms with Gasteiger partial charge in [-0.2, -0.15) is 0 Å². The number of esters is 1. The van der Waals surface area contributed by atoms with Crippen LogP contribution >= 0.6 is 22.9 Å². The summed E-state index contributed by atoms with van der Waals surface area (Å²) in [4.78, 5) is 17.9. The van der Waals surface area contributed by atoms with E-state index in [1.54, 1.807) is 5.38 Å². The average Bonchev–Trinajstić information content (AvgIpc) is 2.85. The molecule has 2 heterocycles. The van der Waals surface area contributed by atoms with Crippen LogP contribution in [0.25, 0.3) is 0 Å². The Labute approximate surface area is 103 Å². The number of carbonyl (C=O) groups is 1. The van der Waals surface area contributed by atoms with E-state index in [0.29, 0.717) is 11.8 Å². The summed E-state index contributed by atoms with van der Waals surface area (Å²) in [5.41, 5.74) is 0. The molecule has 1 aromatic heterocycles. The molecule has 88 valence electrons. The maximum atomic E-state index is 11.7. The number of hydrogen-bond donors (Lipinski definition) is 0. The molecule has 1 atom stereocenters. The third-order valence-corrected chi connectivity index (χ3v) is 3.72. The van der Waals surface area contributed by atoms with Crippen LogP contribution in [-0.2, 0) is 9.53 Å².